The van der Waals surface area contributed by atoms with Crippen LogP contribution >= 0.6 is 0 Å². The molecule has 0 bridgehead atoms. The molecule has 1 amide bonds. The van der Waals surface area contributed by atoms with Crippen LogP contribution in [0.3, 0.4) is 0 Å². The van der Waals surface area contributed by atoms with E-state index >= 15 is 0 Å². The minimum absolute atomic E-state index is 0.216. The maximum Gasteiger partial charge on any atom is 0.269 e. The molecule has 0 spiro atoms. The van der Waals surface area contributed by atoms with E-state index in [1.807, 2.05) is 6.07 Å². The monoisotopic (exact) mass is 317 g/mol. The Morgan fingerprint density at radius 3 is 2.70 bits per heavy atom. The van der Waals surface area contributed by atoms with Crippen LogP contribution in [0.15, 0.2) is 24.3 Å². The molecule has 0 unspecified atom stereocenters. The highest BCUT2D eigenvalue weighted by Crippen LogP contribution is 2.42. The van der Waals surface area contributed by atoms with E-state index in [1.54, 1.807) is 0 Å². The molecular formula is C15H15N3O5. The van der Waals surface area contributed by atoms with Crippen LogP contribution in [0.5, 0.6) is 0 Å². The standard InChI is InChI=1S/C15H15N3O5/c1-8(19)13-12(9-4-3-5-10(6-9)18(22)23)11(7-16)14(20)17-15(13,2)21/h3-6,11-13,21H,1-2H3,(H,17,20)/t11-,12-,13+,15+/m0/s1. The number of benzene rings is 1. The van der Waals surface area contributed by atoms with Crippen molar-refractivity contribution >= 4 is 17.4 Å². The number of hydrogen-bond donors (Lipinski definition) is 2. The minimum atomic E-state index is -1.84. The Morgan fingerprint density at radius 2 is 2.17 bits per heavy atom. The number of carbonyl (C=O) groups is 2. The number of hydrogen-bond acceptors (Lipinski definition) is 6. The number of nitro groups is 1. The molecule has 1 saturated heterocycles. The Morgan fingerprint density at radius 1 is 1.52 bits per heavy atom. The normalized spacial score (nSPS) is 30.2. The van der Waals surface area contributed by atoms with E-state index in [2.05, 4.69) is 5.32 Å². The first-order valence-corrected chi connectivity index (χ1v) is 6.88. The van der Waals surface area contributed by atoms with Gasteiger partial charge in [-0.3, -0.25) is 19.7 Å². The van der Waals surface area contributed by atoms with Gasteiger partial charge in [0.1, 0.15) is 17.4 Å². The molecule has 8 nitrogen and oxygen atoms in total. The van der Waals surface area contributed by atoms with E-state index in [-0.39, 0.29) is 5.69 Å². The molecule has 8 heteroatoms. The van der Waals surface area contributed by atoms with Crippen LogP contribution in [0.1, 0.15) is 25.3 Å². The van der Waals surface area contributed by atoms with Gasteiger partial charge in [0.2, 0.25) is 5.91 Å². The summed E-state index contributed by atoms with van der Waals surface area (Å²) in [7, 11) is 0. The second-order valence-electron chi connectivity index (χ2n) is 5.71. The van der Waals surface area contributed by atoms with Crippen molar-refractivity contribution in [2.45, 2.75) is 25.5 Å². The van der Waals surface area contributed by atoms with E-state index < -0.39 is 40.1 Å². The number of aliphatic hydroxyl groups is 1. The minimum Gasteiger partial charge on any atom is -0.370 e. The van der Waals surface area contributed by atoms with Crippen molar-refractivity contribution in [1.82, 2.24) is 5.32 Å². The summed E-state index contributed by atoms with van der Waals surface area (Å²) in [5, 5.41) is 32.9. The number of amides is 1. The van der Waals surface area contributed by atoms with E-state index in [0.29, 0.717) is 5.56 Å². The average molecular weight is 317 g/mol. The van der Waals surface area contributed by atoms with E-state index in [0.717, 1.165) is 0 Å². The lowest BCUT2D eigenvalue weighted by molar-refractivity contribution is -0.385. The van der Waals surface area contributed by atoms with E-state index in [1.165, 1.54) is 38.1 Å². The summed E-state index contributed by atoms with van der Waals surface area (Å²) in [4.78, 5) is 34.4. The Labute approximate surface area is 131 Å². The number of nitriles is 1. The molecule has 0 saturated carbocycles. The Bertz CT molecular complexity index is 722. The third kappa shape index (κ3) is 2.91. The second kappa shape index (κ2) is 5.78. The van der Waals surface area contributed by atoms with Crippen molar-refractivity contribution in [3.05, 3.63) is 39.9 Å². The predicted molar refractivity (Wildman–Crippen MR) is 77.9 cm³/mol. The van der Waals surface area contributed by atoms with Gasteiger partial charge in [-0.2, -0.15) is 5.26 Å². The highest BCUT2D eigenvalue weighted by Gasteiger charge is 2.52. The first-order chi connectivity index (χ1) is 10.7. The van der Waals surface area contributed by atoms with Crippen LogP contribution in [0.4, 0.5) is 5.69 Å². The summed E-state index contributed by atoms with van der Waals surface area (Å²) < 4.78 is 0. The van der Waals surface area contributed by atoms with Gasteiger partial charge in [0.25, 0.3) is 5.69 Å². The summed E-state index contributed by atoms with van der Waals surface area (Å²) in [6.07, 6.45) is 0. The molecule has 1 heterocycles. The molecule has 120 valence electrons. The van der Waals surface area contributed by atoms with Crippen LogP contribution in [0.2, 0.25) is 0 Å². The largest absolute Gasteiger partial charge is 0.370 e. The zero-order valence-corrected chi connectivity index (χ0v) is 12.5. The predicted octanol–water partition coefficient (Wildman–Crippen LogP) is 0.862. The van der Waals surface area contributed by atoms with Gasteiger partial charge in [0.15, 0.2) is 0 Å². The van der Waals surface area contributed by atoms with Gasteiger partial charge in [0, 0.05) is 18.1 Å². The van der Waals surface area contributed by atoms with Crippen LogP contribution in [-0.2, 0) is 9.59 Å². The average Bonchev–Trinajstić information content (AvgIpc) is 2.45. The fraction of sp³-hybridized carbons (Fsp3) is 0.400. The highest BCUT2D eigenvalue weighted by molar-refractivity contribution is 5.89. The third-order valence-corrected chi connectivity index (χ3v) is 4.03. The van der Waals surface area contributed by atoms with Crippen molar-refractivity contribution < 1.29 is 19.6 Å². The van der Waals surface area contributed by atoms with Crippen molar-refractivity contribution in [2.24, 2.45) is 11.8 Å². The first-order valence-electron chi connectivity index (χ1n) is 6.88. The summed E-state index contributed by atoms with van der Waals surface area (Å²) >= 11 is 0. The summed E-state index contributed by atoms with van der Waals surface area (Å²) in [6, 6.07) is 7.25. The van der Waals surface area contributed by atoms with Gasteiger partial charge >= 0.3 is 0 Å². The molecule has 4 atom stereocenters. The topological polar surface area (TPSA) is 133 Å². The number of carbonyl (C=O) groups excluding carboxylic acids is 2. The van der Waals surface area contributed by atoms with E-state index in [9.17, 15) is 30.1 Å². The van der Waals surface area contributed by atoms with Crippen LogP contribution in [-0.4, -0.2) is 27.4 Å². The summed E-state index contributed by atoms with van der Waals surface area (Å²) in [6.45, 7) is 2.52. The quantitative estimate of drug-likeness (QED) is 0.627. The van der Waals surface area contributed by atoms with Crippen LogP contribution in [0, 0.1) is 33.3 Å². The number of non-ortho nitro benzene ring substituents is 1. The molecule has 1 aromatic rings. The van der Waals surface area contributed by atoms with Gasteiger partial charge in [0.05, 0.1) is 16.9 Å². The SMILES string of the molecule is CC(=O)[C@@H]1[C@@H](c2cccc([N+](=O)[O-])c2)[C@H](C#N)C(=O)N[C@]1(C)O. The zero-order chi connectivity index (χ0) is 17.4. The molecule has 0 aromatic heterocycles. The van der Waals surface area contributed by atoms with Crippen LogP contribution < -0.4 is 5.32 Å². The molecular weight excluding hydrogens is 302 g/mol. The van der Waals surface area contributed by atoms with E-state index in [4.69, 9.17) is 0 Å². The second-order valence-corrected chi connectivity index (χ2v) is 5.71. The molecule has 2 N–H and O–H groups in total. The number of piperidine rings is 1. The number of nitro benzene ring substituents is 1. The summed E-state index contributed by atoms with van der Waals surface area (Å²) in [5.41, 5.74) is -1.76. The first kappa shape index (κ1) is 16.6. The maximum atomic E-state index is 12.1. The van der Waals surface area contributed by atoms with Crippen molar-refractivity contribution in [1.29, 1.82) is 5.26 Å². The van der Waals surface area contributed by atoms with Gasteiger partial charge in [-0.1, -0.05) is 12.1 Å². The fourth-order valence-electron chi connectivity index (χ4n) is 3.13. The molecule has 1 aromatic carbocycles. The lowest BCUT2D eigenvalue weighted by Crippen LogP contribution is -2.62. The van der Waals surface area contributed by atoms with Crippen LogP contribution in [0.25, 0.3) is 0 Å². The molecule has 1 aliphatic rings. The van der Waals surface area contributed by atoms with Gasteiger partial charge < -0.3 is 10.4 Å². The fourth-order valence-corrected chi connectivity index (χ4v) is 3.13. The van der Waals surface area contributed by atoms with Crippen molar-refractivity contribution in [2.75, 3.05) is 0 Å². The summed E-state index contributed by atoms with van der Waals surface area (Å²) in [5.74, 6) is -4.43. The number of nitrogens with one attached hydrogen (secondary N) is 1. The molecule has 0 radical (unpaired) electrons. The molecule has 23 heavy (non-hydrogen) atoms. The van der Waals surface area contributed by atoms with Gasteiger partial charge in [-0.05, 0) is 19.4 Å². The smallest absolute Gasteiger partial charge is 0.269 e. The Kier molecular flexibility index (Phi) is 4.16. The third-order valence-electron chi connectivity index (χ3n) is 4.03. The van der Waals surface area contributed by atoms with Crippen molar-refractivity contribution in [3.63, 3.8) is 0 Å². The zero-order valence-electron chi connectivity index (χ0n) is 12.5. The molecule has 0 aliphatic carbocycles. The number of rotatable bonds is 3. The molecule has 1 aliphatic heterocycles. The van der Waals surface area contributed by atoms with Gasteiger partial charge in [-0.25, -0.2) is 0 Å². The molecule has 1 fully saturated rings. The number of Topliss-reactive ketones (excluding diaryl/α,β-unsaturated/α-hetero) is 1. The van der Waals surface area contributed by atoms with Crippen molar-refractivity contribution in [3.8, 4) is 6.07 Å². The number of nitrogens with zero attached hydrogens (tertiary/aromatic N) is 2. The lowest BCUT2D eigenvalue weighted by Gasteiger charge is -2.43. The highest BCUT2D eigenvalue weighted by atomic mass is 16.6. The Balaban J connectivity index is 2.63. The number of ketones is 1. The maximum absolute atomic E-state index is 12.1. The molecule has 2 rings (SSSR count). The Hall–Kier alpha value is -2.79. The van der Waals surface area contributed by atoms with Gasteiger partial charge in [-0.15, -0.1) is 0 Å². The lowest BCUT2D eigenvalue weighted by atomic mass is 9.68.